The third kappa shape index (κ3) is 5.14. The van der Waals surface area contributed by atoms with Gasteiger partial charge in [0, 0.05) is 7.11 Å². The predicted octanol–water partition coefficient (Wildman–Crippen LogP) is 2.21. The molecule has 0 atom stereocenters. The van der Waals surface area contributed by atoms with Crippen molar-refractivity contribution in [1.82, 2.24) is 5.32 Å². The molecule has 90 valence electrons. The van der Waals surface area contributed by atoms with Gasteiger partial charge in [0.2, 0.25) is 0 Å². The van der Waals surface area contributed by atoms with Crippen molar-refractivity contribution in [2.45, 2.75) is 19.4 Å². The number of benzene rings is 1. The van der Waals surface area contributed by atoms with Crippen LogP contribution in [0.4, 0.5) is 0 Å². The lowest BCUT2D eigenvalue weighted by molar-refractivity contribution is 0.184. The summed E-state index contributed by atoms with van der Waals surface area (Å²) < 4.78 is 10.7. The molecule has 1 aromatic rings. The first-order chi connectivity index (χ1) is 7.86. The molecular weight excluding hydrogens is 202 g/mol. The molecule has 0 aromatic heterocycles. The third-order valence-electron chi connectivity index (χ3n) is 2.30. The topological polar surface area (TPSA) is 30.5 Å². The van der Waals surface area contributed by atoms with Crippen LogP contribution in [0.3, 0.4) is 0 Å². The van der Waals surface area contributed by atoms with Gasteiger partial charge in [-0.2, -0.15) is 0 Å². The summed E-state index contributed by atoms with van der Waals surface area (Å²) >= 11 is 0. The molecule has 16 heavy (non-hydrogen) atoms. The quantitative estimate of drug-likeness (QED) is 0.685. The van der Waals surface area contributed by atoms with Crippen LogP contribution in [-0.2, 0) is 11.3 Å². The Morgan fingerprint density at radius 2 is 2.12 bits per heavy atom. The second-order valence-electron chi connectivity index (χ2n) is 3.74. The van der Waals surface area contributed by atoms with Gasteiger partial charge in [0.25, 0.3) is 0 Å². The largest absolute Gasteiger partial charge is 0.494 e. The fourth-order valence-electron chi connectivity index (χ4n) is 1.49. The van der Waals surface area contributed by atoms with Gasteiger partial charge in [-0.05, 0) is 44.1 Å². The molecule has 0 saturated carbocycles. The molecule has 0 fully saturated rings. The van der Waals surface area contributed by atoms with E-state index in [0.29, 0.717) is 6.61 Å². The third-order valence-corrected chi connectivity index (χ3v) is 2.30. The van der Waals surface area contributed by atoms with Crippen molar-refractivity contribution in [2.75, 3.05) is 27.3 Å². The molecule has 0 amide bonds. The van der Waals surface area contributed by atoms with Crippen LogP contribution in [-0.4, -0.2) is 27.3 Å². The van der Waals surface area contributed by atoms with Gasteiger partial charge in [-0.1, -0.05) is 12.1 Å². The molecule has 0 heterocycles. The summed E-state index contributed by atoms with van der Waals surface area (Å²) in [7, 11) is 3.67. The van der Waals surface area contributed by atoms with Crippen LogP contribution < -0.4 is 10.1 Å². The minimum atomic E-state index is 0.636. The van der Waals surface area contributed by atoms with E-state index in [1.165, 1.54) is 0 Å². The molecule has 0 unspecified atom stereocenters. The molecule has 0 aliphatic carbocycles. The van der Waals surface area contributed by atoms with Crippen molar-refractivity contribution in [2.24, 2.45) is 0 Å². The lowest BCUT2D eigenvalue weighted by atomic mass is 10.2. The number of hydrogen-bond donors (Lipinski definition) is 1. The molecule has 0 spiro atoms. The van der Waals surface area contributed by atoms with Crippen LogP contribution in [0.25, 0.3) is 0 Å². The highest BCUT2D eigenvalue weighted by Crippen LogP contribution is 2.14. The zero-order valence-electron chi connectivity index (χ0n) is 10.2. The fourth-order valence-corrected chi connectivity index (χ4v) is 1.49. The first kappa shape index (κ1) is 13.0. The molecule has 3 nitrogen and oxygen atoms in total. The van der Waals surface area contributed by atoms with Crippen molar-refractivity contribution in [3.8, 4) is 5.75 Å². The Bertz CT molecular complexity index is 289. The maximum absolute atomic E-state index is 5.66. The zero-order chi connectivity index (χ0) is 11.6. The highest BCUT2D eigenvalue weighted by atomic mass is 16.5. The Hall–Kier alpha value is -1.06. The van der Waals surface area contributed by atoms with Crippen molar-refractivity contribution < 1.29 is 9.47 Å². The van der Waals surface area contributed by atoms with Crippen molar-refractivity contribution >= 4 is 0 Å². The van der Waals surface area contributed by atoms with E-state index in [0.717, 1.165) is 37.3 Å². The Morgan fingerprint density at radius 3 is 2.88 bits per heavy atom. The highest BCUT2D eigenvalue weighted by Gasteiger charge is 1.96. The van der Waals surface area contributed by atoms with Gasteiger partial charge < -0.3 is 14.8 Å². The van der Waals surface area contributed by atoms with Gasteiger partial charge in [-0.3, -0.25) is 0 Å². The summed E-state index contributed by atoms with van der Waals surface area (Å²) in [4.78, 5) is 0. The van der Waals surface area contributed by atoms with Gasteiger partial charge in [0.05, 0.1) is 13.2 Å². The Kier molecular flexibility index (Phi) is 6.61. The summed E-state index contributed by atoms with van der Waals surface area (Å²) in [5.41, 5.74) is 1.15. The van der Waals surface area contributed by atoms with E-state index in [9.17, 15) is 0 Å². The van der Waals surface area contributed by atoms with E-state index in [1.54, 1.807) is 7.11 Å². The molecule has 0 bridgehead atoms. The lowest BCUT2D eigenvalue weighted by Gasteiger charge is -2.07. The van der Waals surface area contributed by atoms with Crippen LogP contribution in [0.1, 0.15) is 18.4 Å². The Balaban J connectivity index is 2.27. The standard InChI is InChI=1S/C13H21NO2/c1-14-8-3-4-9-16-13-7-5-6-12(10-13)11-15-2/h5-7,10,14H,3-4,8-9,11H2,1-2H3. The molecular formula is C13H21NO2. The van der Waals surface area contributed by atoms with Crippen LogP contribution in [0.2, 0.25) is 0 Å². The smallest absolute Gasteiger partial charge is 0.119 e. The molecule has 3 heteroatoms. The van der Waals surface area contributed by atoms with Crippen molar-refractivity contribution in [3.63, 3.8) is 0 Å². The number of rotatable bonds is 8. The van der Waals surface area contributed by atoms with Gasteiger partial charge in [0.1, 0.15) is 5.75 Å². The van der Waals surface area contributed by atoms with Gasteiger partial charge >= 0.3 is 0 Å². The zero-order valence-corrected chi connectivity index (χ0v) is 10.2. The second kappa shape index (κ2) is 8.13. The first-order valence-electron chi connectivity index (χ1n) is 5.72. The number of hydrogen-bond acceptors (Lipinski definition) is 3. The van der Waals surface area contributed by atoms with Crippen LogP contribution in [0.15, 0.2) is 24.3 Å². The molecule has 0 radical (unpaired) electrons. The lowest BCUT2D eigenvalue weighted by Crippen LogP contribution is -2.09. The van der Waals surface area contributed by atoms with Crippen molar-refractivity contribution in [1.29, 1.82) is 0 Å². The molecule has 1 aromatic carbocycles. The number of ether oxygens (including phenoxy) is 2. The highest BCUT2D eigenvalue weighted by molar-refractivity contribution is 5.28. The van der Waals surface area contributed by atoms with Crippen LogP contribution in [0, 0.1) is 0 Å². The Labute approximate surface area is 97.8 Å². The summed E-state index contributed by atoms with van der Waals surface area (Å²) in [6.45, 7) is 2.46. The van der Waals surface area contributed by atoms with E-state index in [2.05, 4.69) is 5.32 Å². The number of unbranched alkanes of at least 4 members (excludes halogenated alkanes) is 1. The van der Waals surface area contributed by atoms with Crippen LogP contribution >= 0.6 is 0 Å². The fraction of sp³-hybridized carbons (Fsp3) is 0.538. The van der Waals surface area contributed by atoms with E-state index in [-0.39, 0.29) is 0 Å². The maximum Gasteiger partial charge on any atom is 0.119 e. The average molecular weight is 223 g/mol. The maximum atomic E-state index is 5.66. The summed E-state index contributed by atoms with van der Waals surface area (Å²) in [6, 6.07) is 8.05. The minimum Gasteiger partial charge on any atom is -0.494 e. The average Bonchev–Trinajstić information content (AvgIpc) is 2.30. The normalized spacial score (nSPS) is 10.4. The molecule has 1 N–H and O–H groups in total. The van der Waals surface area contributed by atoms with E-state index in [1.807, 2.05) is 31.3 Å². The first-order valence-corrected chi connectivity index (χ1v) is 5.72. The van der Waals surface area contributed by atoms with E-state index >= 15 is 0 Å². The summed E-state index contributed by atoms with van der Waals surface area (Å²) in [6.07, 6.45) is 2.23. The monoisotopic (exact) mass is 223 g/mol. The SMILES string of the molecule is CNCCCCOc1cccc(COC)c1. The second-order valence-corrected chi connectivity index (χ2v) is 3.74. The van der Waals surface area contributed by atoms with Crippen LogP contribution in [0.5, 0.6) is 5.75 Å². The minimum absolute atomic E-state index is 0.636. The molecule has 1 rings (SSSR count). The van der Waals surface area contributed by atoms with Gasteiger partial charge in [-0.15, -0.1) is 0 Å². The van der Waals surface area contributed by atoms with E-state index in [4.69, 9.17) is 9.47 Å². The molecule has 0 saturated heterocycles. The summed E-state index contributed by atoms with van der Waals surface area (Å²) in [5.74, 6) is 0.930. The molecule has 0 aliphatic rings. The Morgan fingerprint density at radius 1 is 1.25 bits per heavy atom. The molecule has 0 aliphatic heterocycles. The van der Waals surface area contributed by atoms with E-state index < -0.39 is 0 Å². The van der Waals surface area contributed by atoms with Gasteiger partial charge in [-0.25, -0.2) is 0 Å². The van der Waals surface area contributed by atoms with Crippen molar-refractivity contribution in [3.05, 3.63) is 29.8 Å². The number of nitrogens with one attached hydrogen (secondary N) is 1. The number of methoxy groups -OCH3 is 1. The predicted molar refractivity (Wildman–Crippen MR) is 65.8 cm³/mol. The summed E-state index contributed by atoms with van der Waals surface area (Å²) in [5, 5.41) is 3.12. The van der Waals surface area contributed by atoms with Gasteiger partial charge in [0.15, 0.2) is 0 Å².